The molecule has 0 aromatic heterocycles. The van der Waals surface area contributed by atoms with E-state index in [0.717, 1.165) is 17.1 Å². The minimum Gasteiger partial charge on any atom is -0.392 e. The molecule has 0 aliphatic carbocycles. The second kappa shape index (κ2) is 20.9. The number of hydrogen-bond acceptors (Lipinski definition) is 8. The number of amides is 7. The molecule has 0 radical (unpaired) electrons. The first-order chi connectivity index (χ1) is 23.6. The standard InChI is InChI=1S/C33H48F3N7O7/c1-21(2)29(42-25(33(34,35)36)9-4-3-5-19-43-27(46)15-16-28(43)47)31(49)41-24(8-6-18-39-32(37)50)30(48)38-17-7-10-26(45)40-23-13-11-22(20-44)12-14-23/h11-16,21,24-25,29,42,44H,3-10,17-20H2,1-2H3,(H,38,48)(H,40,45)(H,41,49)(H3,37,39,50)/t24-,25-,29?/m0/s1. The van der Waals surface area contributed by atoms with E-state index >= 15 is 0 Å². The number of rotatable bonds is 22. The van der Waals surface area contributed by atoms with Crippen LogP contribution in [0.3, 0.4) is 0 Å². The SMILES string of the molecule is CC(C)C(N[C@@H](CCCCCN1C(=O)C=CC1=O)C(F)(F)F)C(=O)N[C@@H](CCCNC(N)=O)C(=O)NCCCC(=O)Nc1ccc(CO)cc1. The zero-order chi connectivity index (χ0) is 37.3. The Morgan fingerprint density at radius 1 is 0.860 bits per heavy atom. The molecule has 3 atom stereocenters. The molecule has 0 bridgehead atoms. The van der Waals surface area contributed by atoms with E-state index in [1.165, 1.54) is 0 Å². The first kappa shape index (κ1) is 41.7. The Labute approximate surface area is 289 Å². The molecule has 1 aliphatic heterocycles. The van der Waals surface area contributed by atoms with E-state index in [-0.39, 0.29) is 70.7 Å². The van der Waals surface area contributed by atoms with Gasteiger partial charge in [0.15, 0.2) is 0 Å². The van der Waals surface area contributed by atoms with Crippen LogP contribution in [0, 0.1) is 5.92 Å². The van der Waals surface area contributed by atoms with Crippen LogP contribution in [0.2, 0.25) is 0 Å². The van der Waals surface area contributed by atoms with E-state index in [0.29, 0.717) is 24.1 Å². The molecule has 1 aliphatic rings. The minimum atomic E-state index is -4.69. The van der Waals surface area contributed by atoms with Crippen molar-refractivity contribution in [3.63, 3.8) is 0 Å². The number of urea groups is 1. The second-order valence-corrected chi connectivity index (χ2v) is 12.3. The molecule has 0 saturated carbocycles. The first-order valence-corrected chi connectivity index (χ1v) is 16.6. The van der Waals surface area contributed by atoms with Gasteiger partial charge in [0, 0.05) is 43.9 Å². The van der Waals surface area contributed by atoms with E-state index < -0.39 is 59.9 Å². The van der Waals surface area contributed by atoms with Crippen LogP contribution in [0.15, 0.2) is 36.4 Å². The molecule has 278 valence electrons. The zero-order valence-corrected chi connectivity index (χ0v) is 28.3. The van der Waals surface area contributed by atoms with Crippen LogP contribution in [0.1, 0.15) is 70.8 Å². The Kier molecular flexibility index (Phi) is 17.4. The third-order valence-corrected chi connectivity index (χ3v) is 7.90. The lowest BCUT2D eigenvalue weighted by molar-refractivity contribution is -0.161. The average molecular weight is 712 g/mol. The smallest absolute Gasteiger partial charge is 0.392 e. The summed E-state index contributed by atoms with van der Waals surface area (Å²) in [5.74, 6) is -3.26. The topological polar surface area (TPSA) is 212 Å². The van der Waals surface area contributed by atoms with Crippen molar-refractivity contribution in [3.8, 4) is 0 Å². The molecule has 8 N–H and O–H groups in total. The molecular weight excluding hydrogens is 663 g/mol. The molecule has 50 heavy (non-hydrogen) atoms. The van der Waals surface area contributed by atoms with Gasteiger partial charge in [-0.15, -0.1) is 0 Å². The van der Waals surface area contributed by atoms with Crippen LogP contribution in [-0.2, 0) is 30.6 Å². The lowest BCUT2D eigenvalue weighted by Gasteiger charge is -2.30. The van der Waals surface area contributed by atoms with Gasteiger partial charge >= 0.3 is 12.2 Å². The lowest BCUT2D eigenvalue weighted by atomic mass is 9.99. The highest BCUT2D eigenvalue weighted by molar-refractivity contribution is 6.12. The molecule has 0 fully saturated rings. The van der Waals surface area contributed by atoms with Crippen molar-refractivity contribution in [2.24, 2.45) is 11.7 Å². The number of unbranched alkanes of at least 4 members (excludes halogenated alkanes) is 2. The van der Waals surface area contributed by atoms with Crippen molar-refractivity contribution in [3.05, 3.63) is 42.0 Å². The maximum Gasteiger partial charge on any atom is 0.403 e. The average Bonchev–Trinajstić information content (AvgIpc) is 3.37. The maximum absolute atomic E-state index is 14.1. The molecule has 1 heterocycles. The summed E-state index contributed by atoms with van der Waals surface area (Å²) in [5, 5.41) is 21.9. The molecule has 17 heteroatoms. The molecule has 7 amide bonds. The fourth-order valence-corrected chi connectivity index (χ4v) is 5.12. The molecule has 2 rings (SSSR count). The van der Waals surface area contributed by atoms with Gasteiger partial charge in [-0.25, -0.2) is 4.79 Å². The van der Waals surface area contributed by atoms with Crippen LogP contribution in [0.25, 0.3) is 0 Å². The normalized spacial score (nSPS) is 14.7. The molecule has 1 aromatic rings. The number of aliphatic hydroxyl groups is 1. The van der Waals surface area contributed by atoms with Gasteiger partial charge in [-0.05, 0) is 55.7 Å². The molecular formula is C33H48F3N7O7. The van der Waals surface area contributed by atoms with Gasteiger partial charge in [-0.2, -0.15) is 13.2 Å². The molecule has 1 aromatic carbocycles. The number of alkyl halides is 3. The van der Waals surface area contributed by atoms with Crippen molar-refractivity contribution in [1.29, 1.82) is 0 Å². The Morgan fingerprint density at radius 2 is 1.50 bits per heavy atom. The zero-order valence-electron chi connectivity index (χ0n) is 28.3. The van der Waals surface area contributed by atoms with Gasteiger partial charge in [-0.3, -0.25) is 34.2 Å². The highest BCUT2D eigenvalue weighted by atomic mass is 19.4. The number of carbonyl (C=O) groups is 6. The number of carbonyl (C=O) groups excluding carboxylic acids is 6. The van der Waals surface area contributed by atoms with Crippen LogP contribution in [0.5, 0.6) is 0 Å². The summed E-state index contributed by atoms with van der Waals surface area (Å²) in [5.41, 5.74) is 6.31. The number of halogens is 3. The molecule has 0 saturated heterocycles. The van der Waals surface area contributed by atoms with E-state index in [1.807, 2.05) is 0 Å². The van der Waals surface area contributed by atoms with Crippen LogP contribution in [-0.4, -0.2) is 89.5 Å². The van der Waals surface area contributed by atoms with E-state index in [2.05, 4.69) is 26.6 Å². The summed E-state index contributed by atoms with van der Waals surface area (Å²) in [6, 6.07) is 1.32. The largest absolute Gasteiger partial charge is 0.403 e. The number of hydrogen-bond donors (Lipinski definition) is 7. The van der Waals surface area contributed by atoms with Gasteiger partial charge in [0.1, 0.15) is 12.1 Å². The summed E-state index contributed by atoms with van der Waals surface area (Å²) in [6.45, 7) is 3.26. The van der Waals surface area contributed by atoms with Gasteiger partial charge < -0.3 is 32.1 Å². The number of benzene rings is 1. The highest BCUT2D eigenvalue weighted by Gasteiger charge is 2.42. The maximum atomic E-state index is 14.1. The number of primary amides is 1. The highest BCUT2D eigenvalue weighted by Crippen LogP contribution is 2.26. The monoisotopic (exact) mass is 711 g/mol. The fraction of sp³-hybridized carbons (Fsp3) is 0.576. The first-order valence-electron chi connectivity index (χ1n) is 16.6. The van der Waals surface area contributed by atoms with Gasteiger partial charge in [0.25, 0.3) is 11.8 Å². The number of nitrogens with zero attached hydrogens (tertiary/aromatic N) is 1. The van der Waals surface area contributed by atoms with Crippen LogP contribution >= 0.6 is 0 Å². The number of nitrogens with two attached hydrogens (primary N) is 1. The summed E-state index contributed by atoms with van der Waals surface area (Å²) < 4.78 is 42.2. The fourth-order valence-electron chi connectivity index (χ4n) is 5.12. The van der Waals surface area contributed by atoms with Crippen molar-refractivity contribution in [2.45, 2.75) is 96.1 Å². The van der Waals surface area contributed by atoms with Crippen LogP contribution < -0.4 is 32.3 Å². The molecule has 1 unspecified atom stereocenters. The Bertz CT molecular complexity index is 1320. The molecule has 14 nitrogen and oxygen atoms in total. The third-order valence-electron chi connectivity index (χ3n) is 7.90. The number of nitrogens with one attached hydrogen (secondary N) is 5. The van der Waals surface area contributed by atoms with E-state index in [1.54, 1.807) is 38.1 Å². The molecule has 0 spiro atoms. The summed E-state index contributed by atoms with van der Waals surface area (Å²) in [7, 11) is 0. The number of anilines is 1. The van der Waals surface area contributed by atoms with Gasteiger partial charge in [0.2, 0.25) is 17.7 Å². The van der Waals surface area contributed by atoms with Crippen molar-refractivity contribution in [1.82, 2.24) is 26.2 Å². The third kappa shape index (κ3) is 14.9. The summed E-state index contributed by atoms with van der Waals surface area (Å²) in [4.78, 5) is 74.2. The van der Waals surface area contributed by atoms with Crippen LogP contribution in [0.4, 0.5) is 23.7 Å². The van der Waals surface area contributed by atoms with Crippen molar-refractivity contribution >= 4 is 41.3 Å². The van der Waals surface area contributed by atoms with E-state index in [9.17, 15) is 41.9 Å². The lowest BCUT2D eigenvalue weighted by Crippen LogP contribution is -2.58. The van der Waals surface area contributed by atoms with Crippen molar-refractivity contribution in [2.75, 3.05) is 25.0 Å². The Morgan fingerprint density at radius 3 is 2.08 bits per heavy atom. The van der Waals surface area contributed by atoms with Crippen molar-refractivity contribution < 1.29 is 47.0 Å². The number of imide groups is 1. The summed E-state index contributed by atoms with van der Waals surface area (Å²) in [6.07, 6.45) is -1.46. The Balaban J connectivity index is 1.95. The Hall–Kier alpha value is -4.51. The number of aliphatic hydroxyl groups excluding tert-OH is 1. The summed E-state index contributed by atoms with van der Waals surface area (Å²) >= 11 is 0. The predicted octanol–water partition coefficient (Wildman–Crippen LogP) is 1.98. The van der Waals surface area contributed by atoms with Gasteiger partial charge in [0.05, 0.1) is 12.6 Å². The predicted molar refractivity (Wildman–Crippen MR) is 178 cm³/mol. The van der Waals surface area contributed by atoms with Gasteiger partial charge in [-0.1, -0.05) is 38.8 Å². The minimum absolute atomic E-state index is 0.0350. The quantitative estimate of drug-likeness (QED) is 0.0697. The van der Waals surface area contributed by atoms with E-state index in [4.69, 9.17) is 10.8 Å². The second-order valence-electron chi connectivity index (χ2n) is 12.3.